The third kappa shape index (κ3) is 7.11. The van der Waals surface area contributed by atoms with Gasteiger partial charge in [-0.15, -0.1) is 13.2 Å². The number of benzene rings is 2. The third-order valence-electron chi connectivity index (χ3n) is 5.35. The predicted molar refractivity (Wildman–Crippen MR) is 119 cm³/mol. The van der Waals surface area contributed by atoms with Gasteiger partial charge in [0.25, 0.3) is 5.91 Å². The van der Waals surface area contributed by atoms with Crippen molar-refractivity contribution >= 4 is 35.0 Å². The number of rotatable bonds is 6. The Kier molecular flexibility index (Phi) is 8.03. The molecular formula is C23H23ClF3N3O4. The number of alkyl halides is 3. The zero-order valence-corrected chi connectivity index (χ0v) is 19.0. The van der Waals surface area contributed by atoms with Gasteiger partial charge in [-0.1, -0.05) is 11.6 Å². The van der Waals surface area contributed by atoms with Crippen molar-refractivity contribution in [2.45, 2.75) is 19.2 Å². The summed E-state index contributed by atoms with van der Waals surface area (Å²) in [4.78, 5) is 40.6. The molecule has 3 amide bonds. The van der Waals surface area contributed by atoms with Crippen molar-refractivity contribution in [1.29, 1.82) is 0 Å². The highest BCUT2D eigenvalue weighted by Crippen LogP contribution is 2.24. The Bertz CT molecular complexity index is 1020. The molecule has 2 aromatic carbocycles. The molecule has 0 spiro atoms. The van der Waals surface area contributed by atoms with Gasteiger partial charge < -0.3 is 19.9 Å². The van der Waals surface area contributed by atoms with Crippen LogP contribution in [0.4, 0.5) is 18.9 Å². The van der Waals surface area contributed by atoms with E-state index in [2.05, 4.69) is 10.1 Å². The van der Waals surface area contributed by atoms with Gasteiger partial charge >= 0.3 is 6.36 Å². The van der Waals surface area contributed by atoms with Crippen molar-refractivity contribution in [3.05, 3.63) is 59.1 Å². The van der Waals surface area contributed by atoms with Crippen LogP contribution in [0, 0.1) is 5.92 Å². The lowest BCUT2D eigenvalue weighted by Gasteiger charge is -2.33. The minimum absolute atomic E-state index is 0.123. The van der Waals surface area contributed by atoms with Crippen molar-refractivity contribution in [3.8, 4) is 5.75 Å². The number of halogens is 4. The van der Waals surface area contributed by atoms with Crippen LogP contribution in [0.2, 0.25) is 5.02 Å². The first-order chi connectivity index (χ1) is 16.0. The average molecular weight is 498 g/mol. The van der Waals surface area contributed by atoms with E-state index in [-0.39, 0.29) is 30.0 Å². The van der Waals surface area contributed by atoms with E-state index in [1.165, 1.54) is 24.1 Å². The molecule has 182 valence electrons. The van der Waals surface area contributed by atoms with Crippen LogP contribution < -0.4 is 10.1 Å². The summed E-state index contributed by atoms with van der Waals surface area (Å²) >= 11 is 5.86. The summed E-state index contributed by atoms with van der Waals surface area (Å²) in [7, 11) is 1.51. The van der Waals surface area contributed by atoms with Gasteiger partial charge in [-0.25, -0.2) is 0 Å². The lowest BCUT2D eigenvalue weighted by atomic mass is 9.95. The zero-order chi connectivity index (χ0) is 24.9. The van der Waals surface area contributed by atoms with Gasteiger partial charge in [0.1, 0.15) is 5.75 Å². The van der Waals surface area contributed by atoms with Gasteiger partial charge in [0, 0.05) is 42.3 Å². The molecule has 0 aromatic heterocycles. The van der Waals surface area contributed by atoms with Crippen LogP contribution >= 0.6 is 11.6 Å². The fourth-order valence-electron chi connectivity index (χ4n) is 3.65. The van der Waals surface area contributed by atoms with E-state index in [0.717, 1.165) is 12.1 Å². The Labute approximate surface area is 199 Å². The van der Waals surface area contributed by atoms with E-state index in [1.54, 1.807) is 29.2 Å². The Balaban J connectivity index is 1.46. The van der Waals surface area contributed by atoms with E-state index in [9.17, 15) is 27.6 Å². The number of hydrogen-bond acceptors (Lipinski definition) is 4. The maximum absolute atomic E-state index is 12.8. The Morgan fingerprint density at radius 1 is 1.06 bits per heavy atom. The van der Waals surface area contributed by atoms with Crippen LogP contribution in [0.1, 0.15) is 23.2 Å². The van der Waals surface area contributed by atoms with Crippen molar-refractivity contribution in [2.75, 3.05) is 32.0 Å². The summed E-state index contributed by atoms with van der Waals surface area (Å²) in [5.41, 5.74) is 0.801. The van der Waals surface area contributed by atoms with Crippen LogP contribution in [-0.4, -0.2) is 60.6 Å². The second-order valence-corrected chi connectivity index (χ2v) is 8.32. The molecule has 1 saturated heterocycles. The number of likely N-dealkylation sites (N-methyl/N-ethyl adjacent to an activating group) is 1. The summed E-state index contributed by atoms with van der Waals surface area (Å²) in [6.45, 7) is 0.623. The number of anilines is 1. The topological polar surface area (TPSA) is 79.0 Å². The molecule has 1 fully saturated rings. The van der Waals surface area contributed by atoms with Gasteiger partial charge in [0.2, 0.25) is 11.8 Å². The molecule has 1 aliphatic rings. The monoisotopic (exact) mass is 497 g/mol. The largest absolute Gasteiger partial charge is 0.573 e. The molecule has 0 saturated carbocycles. The molecule has 11 heteroatoms. The summed E-state index contributed by atoms with van der Waals surface area (Å²) < 4.78 is 40.5. The molecule has 0 atom stereocenters. The van der Waals surface area contributed by atoms with E-state index < -0.39 is 18.0 Å². The number of likely N-dealkylation sites (tertiary alicyclic amines) is 1. The highest BCUT2D eigenvalue weighted by Gasteiger charge is 2.31. The number of ether oxygens (including phenoxy) is 1. The predicted octanol–water partition coefficient (Wildman–Crippen LogP) is 4.19. The van der Waals surface area contributed by atoms with Gasteiger partial charge in [-0.05, 0) is 61.4 Å². The van der Waals surface area contributed by atoms with Gasteiger partial charge in [0.05, 0.1) is 6.54 Å². The second-order valence-electron chi connectivity index (χ2n) is 7.89. The molecule has 0 radical (unpaired) electrons. The molecule has 0 unspecified atom stereocenters. The van der Waals surface area contributed by atoms with Crippen molar-refractivity contribution < 1.29 is 32.3 Å². The molecule has 1 N–H and O–H groups in total. The van der Waals surface area contributed by atoms with Crippen molar-refractivity contribution in [1.82, 2.24) is 9.80 Å². The quantitative estimate of drug-likeness (QED) is 0.649. The molecule has 34 heavy (non-hydrogen) atoms. The third-order valence-corrected chi connectivity index (χ3v) is 5.60. The maximum Gasteiger partial charge on any atom is 0.573 e. The van der Waals surface area contributed by atoms with Crippen LogP contribution in [0.25, 0.3) is 0 Å². The summed E-state index contributed by atoms with van der Waals surface area (Å²) in [6, 6.07) is 11.3. The van der Waals surface area contributed by atoms with Crippen LogP contribution in [0.5, 0.6) is 5.75 Å². The Morgan fingerprint density at radius 3 is 2.21 bits per heavy atom. The van der Waals surface area contributed by atoms with E-state index in [1.807, 2.05) is 0 Å². The van der Waals surface area contributed by atoms with Crippen molar-refractivity contribution in [2.24, 2.45) is 5.92 Å². The van der Waals surface area contributed by atoms with Gasteiger partial charge in [-0.3, -0.25) is 14.4 Å². The average Bonchev–Trinajstić information content (AvgIpc) is 2.79. The molecule has 1 heterocycles. The molecule has 0 bridgehead atoms. The number of nitrogens with one attached hydrogen (secondary N) is 1. The first-order valence-electron chi connectivity index (χ1n) is 10.5. The summed E-state index contributed by atoms with van der Waals surface area (Å²) in [5.74, 6) is -1.54. The molecule has 0 aliphatic carbocycles. The smallest absolute Gasteiger partial charge is 0.406 e. The van der Waals surface area contributed by atoms with Crippen molar-refractivity contribution in [3.63, 3.8) is 0 Å². The van der Waals surface area contributed by atoms with Gasteiger partial charge in [0.15, 0.2) is 0 Å². The first kappa shape index (κ1) is 25.4. The van der Waals surface area contributed by atoms with E-state index in [4.69, 9.17) is 11.6 Å². The number of nitrogens with zero attached hydrogens (tertiary/aromatic N) is 2. The summed E-state index contributed by atoms with van der Waals surface area (Å²) in [6.07, 6.45) is -3.84. The fourth-order valence-corrected chi connectivity index (χ4v) is 3.78. The lowest BCUT2D eigenvalue weighted by Crippen LogP contribution is -2.45. The minimum Gasteiger partial charge on any atom is -0.406 e. The number of hydrogen-bond donors (Lipinski definition) is 1. The number of carbonyl (C=O) groups excluding carboxylic acids is 3. The standard InChI is InChI=1S/C23H23ClF3N3O4/c1-29(14-20(31)28-18-6-8-19(9-7-18)34-23(25,26)27)21(32)16-10-12-30(13-11-16)22(33)15-2-4-17(24)5-3-15/h2-9,16H,10-14H2,1H3,(H,28,31). The maximum atomic E-state index is 12.8. The Hall–Kier alpha value is -3.27. The number of piperidine rings is 1. The van der Waals surface area contributed by atoms with Crippen LogP contribution in [0.3, 0.4) is 0 Å². The number of carbonyl (C=O) groups is 3. The first-order valence-corrected chi connectivity index (χ1v) is 10.8. The summed E-state index contributed by atoms with van der Waals surface area (Å²) in [5, 5.41) is 3.07. The molecule has 2 aromatic rings. The SMILES string of the molecule is CN(CC(=O)Nc1ccc(OC(F)(F)F)cc1)C(=O)C1CCN(C(=O)c2ccc(Cl)cc2)CC1. The minimum atomic E-state index is -4.80. The molecule has 1 aliphatic heterocycles. The molecule has 7 nitrogen and oxygen atoms in total. The van der Waals surface area contributed by atoms with E-state index >= 15 is 0 Å². The highest BCUT2D eigenvalue weighted by molar-refractivity contribution is 6.30. The highest BCUT2D eigenvalue weighted by atomic mass is 35.5. The van der Waals surface area contributed by atoms with Gasteiger partial charge in [-0.2, -0.15) is 0 Å². The zero-order valence-electron chi connectivity index (χ0n) is 18.3. The molecule has 3 rings (SSSR count). The van der Waals surface area contributed by atoms with Crippen LogP contribution in [0.15, 0.2) is 48.5 Å². The normalized spacial score (nSPS) is 14.4. The number of amides is 3. The Morgan fingerprint density at radius 2 is 1.65 bits per heavy atom. The fraction of sp³-hybridized carbons (Fsp3) is 0.348. The lowest BCUT2D eigenvalue weighted by molar-refractivity contribution is -0.274. The second kappa shape index (κ2) is 10.8. The molecular weight excluding hydrogens is 475 g/mol. The van der Waals surface area contributed by atoms with E-state index in [0.29, 0.717) is 36.5 Å². The van der Waals surface area contributed by atoms with Crippen LogP contribution in [-0.2, 0) is 9.59 Å².